The predicted molar refractivity (Wildman–Crippen MR) is 274 cm³/mol. The average Bonchev–Trinajstić information content (AvgIpc) is 3.29. The van der Waals surface area contributed by atoms with Gasteiger partial charge >= 0.3 is 17.9 Å². The number of ether oxygens (including phenoxy) is 3. The van der Waals surface area contributed by atoms with Gasteiger partial charge in [-0.1, -0.05) is 221 Å². The largest absolute Gasteiger partial charge is 0.462 e. The van der Waals surface area contributed by atoms with E-state index in [1.807, 2.05) is 18.2 Å². The van der Waals surface area contributed by atoms with Crippen LogP contribution in [0.1, 0.15) is 245 Å². The molecule has 1 atom stereocenters. The summed E-state index contributed by atoms with van der Waals surface area (Å²) in [6, 6.07) is 0. The summed E-state index contributed by atoms with van der Waals surface area (Å²) in [4.78, 5) is 38.0. The van der Waals surface area contributed by atoms with E-state index in [0.29, 0.717) is 19.3 Å². The lowest BCUT2D eigenvalue weighted by Gasteiger charge is -2.18. The summed E-state index contributed by atoms with van der Waals surface area (Å²) in [7, 11) is 0. The second kappa shape index (κ2) is 52.2. The van der Waals surface area contributed by atoms with Crippen molar-refractivity contribution >= 4 is 17.9 Å². The van der Waals surface area contributed by atoms with E-state index >= 15 is 0 Å². The van der Waals surface area contributed by atoms with Gasteiger partial charge in [0.25, 0.3) is 0 Å². The van der Waals surface area contributed by atoms with Crippen LogP contribution < -0.4 is 0 Å². The third-order valence-corrected chi connectivity index (χ3v) is 11.2. The van der Waals surface area contributed by atoms with Crippen LogP contribution in [0.25, 0.3) is 0 Å². The molecule has 0 rings (SSSR count). The van der Waals surface area contributed by atoms with E-state index in [0.717, 1.165) is 116 Å². The summed E-state index contributed by atoms with van der Waals surface area (Å²) < 4.78 is 16.8. The van der Waals surface area contributed by atoms with Gasteiger partial charge in [0, 0.05) is 19.3 Å². The lowest BCUT2D eigenvalue weighted by Crippen LogP contribution is -2.30. The van der Waals surface area contributed by atoms with E-state index in [1.54, 1.807) is 0 Å². The Labute approximate surface area is 395 Å². The summed E-state index contributed by atoms with van der Waals surface area (Å²) in [5.74, 6) is -0.952. The summed E-state index contributed by atoms with van der Waals surface area (Å²) in [5, 5.41) is 0. The second-order valence-corrected chi connectivity index (χ2v) is 17.5. The Kier molecular flexibility index (Phi) is 49.4. The van der Waals surface area contributed by atoms with E-state index in [2.05, 4.69) is 87.6 Å². The van der Waals surface area contributed by atoms with Crippen LogP contribution >= 0.6 is 0 Å². The van der Waals surface area contributed by atoms with Gasteiger partial charge in [0.15, 0.2) is 6.10 Å². The van der Waals surface area contributed by atoms with Crippen molar-refractivity contribution in [1.29, 1.82) is 0 Å². The van der Waals surface area contributed by atoms with Crippen LogP contribution in [-0.2, 0) is 28.6 Å². The number of allylic oxidation sites excluding steroid dienone is 14. The Morgan fingerprint density at radius 1 is 0.328 bits per heavy atom. The minimum Gasteiger partial charge on any atom is -0.462 e. The van der Waals surface area contributed by atoms with E-state index < -0.39 is 6.10 Å². The molecule has 366 valence electrons. The molecule has 6 nitrogen and oxygen atoms in total. The highest BCUT2D eigenvalue weighted by Crippen LogP contribution is 2.14. The number of rotatable bonds is 47. The van der Waals surface area contributed by atoms with E-state index in [9.17, 15) is 14.4 Å². The molecular weight excluding hydrogens is 793 g/mol. The maximum absolute atomic E-state index is 12.8. The minimum absolute atomic E-state index is 0.0995. The molecule has 0 aliphatic rings. The second-order valence-electron chi connectivity index (χ2n) is 17.5. The molecule has 0 aromatic rings. The monoisotopic (exact) mass is 891 g/mol. The Hall–Kier alpha value is -3.41. The quantitative estimate of drug-likeness (QED) is 0.0199. The molecule has 6 heteroatoms. The van der Waals surface area contributed by atoms with Crippen molar-refractivity contribution in [1.82, 2.24) is 0 Å². The van der Waals surface area contributed by atoms with Crippen LogP contribution in [0.15, 0.2) is 85.1 Å². The van der Waals surface area contributed by atoms with Crippen molar-refractivity contribution in [2.24, 2.45) is 0 Å². The standard InChI is InChI=1S/C58H98O6/c1-4-7-10-13-16-19-22-25-27-28-29-31-33-36-39-42-45-48-51-57(60)63-54-55(53-62-56(59)50-47-44-41-38-35-32-24-21-18-15-12-9-6-3)64-58(61)52-49-46-43-40-37-34-30-26-23-20-17-14-11-8-5-2/h8,11,14,17,20,23,26-32,35,55H,4-7,9-10,12-13,15-16,18-19,21-22,24-25,33-34,36-54H2,1-3H3/b11-8-,17-14-,23-20-,28-27-,30-26-,31-29-,35-32-. The molecule has 64 heavy (non-hydrogen) atoms. The first-order valence-electron chi connectivity index (χ1n) is 26.7. The third kappa shape index (κ3) is 49.6. The summed E-state index contributed by atoms with van der Waals surface area (Å²) >= 11 is 0. The van der Waals surface area contributed by atoms with Gasteiger partial charge in [0.1, 0.15) is 13.2 Å². The highest BCUT2D eigenvalue weighted by Gasteiger charge is 2.19. The lowest BCUT2D eigenvalue weighted by atomic mass is 10.1. The Morgan fingerprint density at radius 2 is 0.625 bits per heavy atom. The smallest absolute Gasteiger partial charge is 0.306 e. The first kappa shape index (κ1) is 60.6. The van der Waals surface area contributed by atoms with Crippen molar-refractivity contribution in [2.45, 2.75) is 252 Å². The maximum atomic E-state index is 12.8. The summed E-state index contributed by atoms with van der Waals surface area (Å²) in [5.41, 5.74) is 0. The van der Waals surface area contributed by atoms with Crippen molar-refractivity contribution in [3.05, 3.63) is 85.1 Å². The van der Waals surface area contributed by atoms with Crippen LogP contribution in [0.3, 0.4) is 0 Å². The molecule has 0 aliphatic heterocycles. The molecule has 0 N–H and O–H groups in total. The van der Waals surface area contributed by atoms with Gasteiger partial charge in [-0.3, -0.25) is 14.4 Å². The molecule has 0 aromatic carbocycles. The molecule has 0 aromatic heterocycles. The number of hydrogen-bond donors (Lipinski definition) is 0. The third-order valence-electron chi connectivity index (χ3n) is 11.2. The topological polar surface area (TPSA) is 78.9 Å². The molecule has 0 fully saturated rings. The molecule has 0 saturated heterocycles. The first-order chi connectivity index (χ1) is 31.5. The lowest BCUT2D eigenvalue weighted by molar-refractivity contribution is -0.167. The van der Waals surface area contributed by atoms with E-state index in [-0.39, 0.29) is 31.1 Å². The number of unbranched alkanes of at least 4 members (excludes halogenated alkanes) is 26. The van der Waals surface area contributed by atoms with E-state index in [4.69, 9.17) is 14.2 Å². The SMILES string of the molecule is CC\C=C/C=C\C=C/C=C\CCCCCCCC(=O)OC(COC(=O)CCCCC/C=C\CCCCCCCC)COC(=O)CCCCCCC/C=C\C=C/CCCCCCCCC. The molecule has 0 spiro atoms. The fraction of sp³-hybridized carbons (Fsp3) is 0.707. The van der Waals surface area contributed by atoms with Crippen LogP contribution in [-0.4, -0.2) is 37.2 Å². The summed E-state index contributed by atoms with van der Waals surface area (Å²) in [6.45, 7) is 6.44. The van der Waals surface area contributed by atoms with Gasteiger partial charge < -0.3 is 14.2 Å². The molecular formula is C58H98O6. The fourth-order valence-corrected chi connectivity index (χ4v) is 7.20. The predicted octanol–water partition coefficient (Wildman–Crippen LogP) is 17.6. The molecule has 0 radical (unpaired) electrons. The highest BCUT2D eigenvalue weighted by atomic mass is 16.6. The zero-order valence-corrected chi connectivity index (χ0v) is 41.8. The van der Waals surface area contributed by atoms with Gasteiger partial charge in [-0.2, -0.15) is 0 Å². The molecule has 0 heterocycles. The number of hydrogen-bond acceptors (Lipinski definition) is 6. The van der Waals surface area contributed by atoms with Gasteiger partial charge in [0.05, 0.1) is 0 Å². The highest BCUT2D eigenvalue weighted by molar-refractivity contribution is 5.71. The van der Waals surface area contributed by atoms with Crippen molar-refractivity contribution < 1.29 is 28.6 Å². The zero-order chi connectivity index (χ0) is 46.5. The molecule has 1 unspecified atom stereocenters. The molecule has 0 saturated carbocycles. The van der Waals surface area contributed by atoms with Crippen molar-refractivity contribution in [2.75, 3.05) is 13.2 Å². The van der Waals surface area contributed by atoms with Crippen LogP contribution in [0.2, 0.25) is 0 Å². The molecule has 0 bridgehead atoms. The normalized spacial score (nSPS) is 12.7. The van der Waals surface area contributed by atoms with Crippen LogP contribution in [0, 0.1) is 0 Å². The Bertz CT molecular complexity index is 1250. The number of carbonyl (C=O) groups is 3. The maximum Gasteiger partial charge on any atom is 0.306 e. The minimum atomic E-state index is -0.801. The Balaban J connectivity index is 4.46. The Morgan fingerprint density at radius 3 is 1.03 bits per heavy atom. The van der Waals surface area contributed by atoms with Gasteiger partial charge in [-0.15, -0.1) is 0 Å². The van der Waals surface area contributed by atoms with Gasteiger partial charge in [-0.25, -0.2) is 0 Å². The van der Waals surface area contributed by atoms with Gasteiger partial charge in [0.2, 0.25) is 0 Å². The van der Waals surface area contributed by atoms with Crippen molar-refractivity contribution in [3.8, 4) is 0 Å². The average molecular weight is 891 g/mol. The van der Waals surface area contributed by atoms with Crippen molar-refractivity contribution in [3.63, 3.8) is 0 Å². The van der Waals surface area contributed by atoms with Crippen LogP contribution in [0.5, 0.6) is 0 Å². The van der Waals surface area contributed by atoms with Crippen LogP contribution in [0.4, 0.5) is 0 Å². The van der Waals surface area contributed by atoms with Gasteiger partial charge in [-0.05, 0) is 89.9 Å². The molecule has 0 amide bonds. The number of esters is 3. The fourth-order valence-electron chi connectivity index (χ4n) is 7.20. The first-order valence-corrected chi connectivity index (χ1v) is 26.7. The summed E-state index contributed by atoms with van der Waals surface area (Å²) in [6.07, 6.45) is 67.1. The molecule has 0 aliphatic carbocycles. The van der Waals surface area contributed by atoms with E-state index in [1.165, 1.54) is 89.9 Å². The zero-order valence-electron chi connectivity index (χ0n) is 41.8. The number of carbonyl (C=O) groups excluding carboxylic acids is 3.